The molecule has 1 saturated heterocycles. The second-order valence-electron chi connectivity index (χ2n) is 5.82. The van der Waals surface area contributed by atoms with Crippen LogP contribution in [0.25, 0.3) is 10.9 Å². The fourth-order valence-corrected chi connectivity index (χ4v) is 4.10. The molecule has 1 fully saturated rings. The fraction of sp³-hybridized carbons (Fsp3) is 0.353. The van der Waals surface area contributed by atoms with Gasteiger partial charge < -0.3 is 15.2 Å². The number of fused-ring (bicyclic) bond motifs is 1. The number of benzene rings is 1. The van der Waals surface area contributed by atoms with Crippen LogP contribution in [-0.2, 0) is 4.79 Å². The lowest BCUT2D eigenvalue weighted by Gasteiger charge is -2.25. The average molecular weight is 346 g/mol. The molecule has 0 spiro atoms. The van der Waals surface area contributed by atoms with Gasteiger partial charge in [0.25, 0.3) is 5.91 Å². The highest BCUT2D eigenvalue weighted by atomic mass is 32.2. The zero-order valence-electron chi connectivity index (χ0n) is 13.5. The molecule has 0 aliphatic carbocycles. The van der Waals surface area contributed by atoms with Crippen molar-refractivity contribution in [2.45, 2.75) is 18.9 Å². The minimum Gasteiger partial charge on any atom is -0.497 e. The molecule has 0 saturated carbocycles. The van der Waals surface area contributed by atoms with Crippen LogP contribution in [0.3, 0.4) is 0 Å². The van der Waals surface area contributed by atoms with Crippen molar-refractivity contribution in [1.82, 2.24) is 10.3 Å². The Balaban J connectivity index is 1.95. The van der Waals surface area contributed by atoms with Crippen molar-refractivity contribution in [1.29, 1.82) is 0 Å². The van der Waals surface area contributed by atoms with E-state index in [4.69, 9.17) is 4.74 Å². The largest absolute Gasteiger partial charge is 0.497 e. The molecule has 1 aliphatic rings. The van der Waals surface area contributed by atoms with Crippen LogP contribution in [0, 0.1) is 6.92 Å². The third-order valence-electron chi connectivity index (χ3n) is 4.24. The molecule has 0 radical (unpaired) electrons. The Bertz CT molecular complexity index is 816. The van der Waals surface area contributed by atoms with Crippen molar-refractivity contribution >= 4 is 34.5 Å². The lowest BCUT2D eigenvalue weighted by Crippen LogP contribution is -2.54. The number of hydrogen-bond donors (Lipinski definition) is 2. The van der Waals surface area contributed by atoms with Crippen molar-refractivity contribution in [3.8, 4) is 5.75 Å². The number of aliphatic carboxylic acids is 1. The number of ether oxygens (including phenoxy) is 1. The highest BCUT2D eigenvalue weighted by Crippen LogP contribution is 2.29. The van der Waals surface area contributed by atoms with E-state index >= 15 is 0 Å². The Morgan fingerprint density at radius 1 is 1.38 bits per heavy atom. The summed E-state index contributed by atoms with van der Waals surface area (Å²) in [6.45, 7) is 1.74. The zero-order chi connectivity index (χ0) is 17.3. The van der Waals surface area contributed by atoms with Gasteiger partial charge in [-0.3, -0.25) is 9.78 Å². The standard InChI is InChI=1S/C17H18N2O4S/c1-10-13(7-11-3-4-12(23-2)8-14(11)18-10)15(20)19-17(16(21)22)5-6-24-9-17/h3-4,7-8H,5-6,9H2,1-2H3,(H,19,20)(H,21,22). The summed E-state index contributed by atoms with van der Waals surface area (Å²) >= 11 is 1.53. The van der Waals surface area contributed by atoms with Crippen LogP contribution < -0.4 is 10.1 Å². The maximum atomic E-state index is 12.6. The van der Waals surface area contributed by atoms with Gasteiger partial charge in [-0.05, 0) is 37.3 Å². The van der Waals surface area contributed by atoms with Crippen molar-refractivity contribution in [2.75, 3.05) is 18.6 Å². The number of carbonyl (C=O) groups excluding carboxylic acids is 1. The number of rotatable bonds is 4. The molecule has 2 heterocycles. The first-order valence-electron chi connectivity index (χ1n) is 7.54. The van der Waals surface area contributed by atoms with E-state index in [0.29, 0.717) is 29.2 Å². The topological polar surface area (TPSA) is 88.5 Å². The van der Waals surface area contributed by atoms with E-state index in [0.717, 1.165) is 16.7 Å². The van der Waals surface area contributed by atoms with E-state index in [-0.39, 0.29) is 0 Å². The molecule has 1 aromatic heterocycles. The van der Waals surface area contributed by atoms with Crippen molar-refractivity contribution < 1.29 is 19.4 Å². The van der Waals surface area contributed by atoms with Crippen molar-refractivity contribution in [2.24, 2.45) is 0 Å². The minimum atomic E-state index is -1.19. The van der Waals surface area contributed by atoms with Gasteiger partial charge in [0.05, 0.1) is 23.9 Å². The summed E-state index contributed by atoms with van der Waals surface area (Å²) in [4.78, 5) is 28.7. The number of carbonyl (C=O) groups is 2. The Hall–Kier alpha value is -2.28. The number of carboxylic acid groups (broad SMARTS) is 1. The molecular formula is C17H18N2O4S. The first-order valence-corrected chi connectivity index (χ1v) is 8.70. The molecule has 6 nitrogen and oxygen atoms in total. The summed E-state index contributed by atoms with van der Waals surface area (Å²) in [5, 5.41) is 13.0. The van der Waals surface area contributed by atoms with Gasteiger partial charge in [-0.15, -0.1) is 0 Å². The number of amides is 1. The van der Waals surface area contributed by atoms with Gasteiger partial charge in [-0.1, -0.05) is 0 Å². The molecule has 0 bridgehead atoms. The number of nitrogens with one attached hydrogen (secondary N) is 1. The van der Waals surface area contributed by atoms with Gasteiger partial charge in [0.15, 0.2) is 0 Å². The molecule has 24 heavy (non-hydrogen) atoms. The van der Waals surface area contributed by atoms with Crippen LogP contribution in [0.1, 0.15) is 22.5 Å². The number of aromatic nitrogens is 1. The van der Waals surface area contributed by atoms with E-state index in [1.165, 1.54) is 11.8 Å². The highest BCUT2D eigenvalue weighted by Gasteiger charge is 2.43. The summed E-state index contributed by atoms with van der Waals surface area (Å²) < 4.78 is 5.18. The maximum Gasteiger partial charge on any atom is 0.330 e. The second kappa shape index (κ2) is 6.32. The smallest absolute Gasteiger partial charge is 0.330 e. The van der Waals surface area contributed by atoms with E-state index in [1.54, 1.807) is 32.2 Å². The summed E-state index contributed by atoms with van der Waals surface area (Å²) in [6.07, 6.45) is 0.427. The molecule has 2 aromatic rings. The molecule has 1 amide bonds. The van der Waals surface area contributed by atoms with Crippen LogP contribution in [0.2, 0.25) is 0 Å². The zero-order valence-corrected chi connectivity index (χ0v) is 14.3. The molecule has 1 aliphatic heterocycles. The lowest BCUT2D eigenvalue weighted by atomic mass is 9.98. The predicted molar refractivity (Wildman–Crippen MR) is 92.8 cm³/mol. The lowest BCUT2D eigenvalue weighted by molar-refractivity contribution is -0.143. The minimum absolute atomic E-state index is 0.380. The van der Waals surface area contributed by atoms with E-state index in [1.807, 2.05) is 6.07 Å². The number of aryl methyl sites for hydroxylation is 1. The predicted octanol–water partition coefficient (Wildman–Crippen LogP) is 2.24. The average Bonchev–Trinajstić information content (AvgIpc) is 3.03. The molecular weight excluding hydrogens is 328 g/mol. The highest BCUT2D eigenvalue weighted by molar-refractivity contribution is 7.99. The van der Waals surface area contributed by atoms with Crippen LogP contribution in [-0.4, -0.2) is 46.1 Å². The number of carboxylic acids is 1. The Kier molecular flexibility index (Phi) is 4.36. The third kappa shape index (κ3) is 2.91. The number of methoxy groups -OCH3 is 1. The van der Waals surface area contributed by atoms with E-state index in [2.05, 4.69) is 10.3 Å². The molecule has 126 valence electrons. The second-order valence-corrected chi connectivity index (χ2v) is 6.93. The normalized spacial score (nSPS) is 20.1. The van der Waals surface area contributed by atoms with Crippen molar-refractivity contribution in [3.63, 3.8) is 0 Å². The molecule has 3 rings (SSSR count). The molecule has 1 aromatic carbocycles. The summed E-state index contributed by atoms with van der Waals surface area (Å²) in [5.74, 6) is 0.408. The molecule has 2 N–H and O–H groups in total. The molecule has 1 atom stereocenters. The fourth-order valence-electron chi connectivity index (χ4n) is 2.77. The van der Waals surface area contributed by atoms with Crippen molar-refractivity contribution in [3.05, 3.63) is 35.5 Å². The number of hydrogen-bond acceptors (Lipinski definition) is 5. The quantitative estimate of drug-likeness (QED) is 0.883. The number of nitrogens with zero attached hydrogens (tertiary/aromatic N) is 1. The van der Waals surface area contributed by atoms with Crippen LogP contribution in [0.5, 0.6) is 5.75 Å². The van der Waals surface area contributed by atoms with Gasteiger partial charge in [0.2, 0.25) is 0 Å². The number of pyridine rings is 1. The summed E-state index contributed by atoms with van der Waals surface area (Å²) in [5.41, 5.74) is 0.487. The van der Waals surface area contributed by atoms with Crippen LogP contribution in [0.4, 0.5) is 0 Å². The third-order valence-corrected chi connectivity index (χ3v) is 5.43. The first-order chi connectivity index (χ1) is 11.4. The number of thioether (sulfide) groups is 1. The Morgan fingerprint density at radius 2 is 2.17 bits per heavy atom. The van der Waals surface area contributed by atoms with Gasteiger partial charge in [-0.25, -0.2) is 4.79 Å². The Labute approximate surface area is 143 Å². The van der Waals surface area contributed by atoms with Crippen LogP contribution >= 0.6 is 11.8 Å². The Morgan fingerprint density at radius 3 is 2.79 bits per heavy atom. The first kappa shape index (κ1) is 16.6. The van der Waals surface area contributed by atoms with Gasteiger partial charge in [0.1, 0.15) is 11.3 Å². The van der Waals surface area contributed by atoms with Gasteiger partial charge in [0, 0.05) is 17.2 Å². The van der Waals surface area contributed by atoms with E-state index < -0.39 is 17.4 Å². The van der Waals surface area contributed by atoms with Gasteiger partial charge in [-0.2, -0.15) is 11.8 Å². The SMILES string of the molecule is COc1ccc2cc(C(=O)NC3(C(=O)O)CCSC3)c(C)nc2c1. The molecule has 7 heteroatoms. The van der Waals surface area contributed by atoms with Crippen LogP contribution in [0.15, 0.2) is 24.3 Å². The summed E-state index contributed by atoms with van der Waals surface area (Å²) in [6, 6.07) is 7.17. The van der Waals surface area contributed by atoms with Gasteiger partial charge >= 0.3 is 5.97 Å². The maximum absolute atomic E-state index is 12.6. The molecule has 1 unspecified atom stereocenters. The monoisotopic (exact) mass is 346 g/mol. The van der Waals surface area contributed by atoms with E-state index in [9.17, 15) is 14.7 Å². The summed E-state index contributed by atoms with van der Waals surface area (Å²) in [7, 11) is 1.58.